The lowest BCUT2D eigenvalue weighted by Crippen LogP contribution is -2.26. The van der Waals surface area contributed by atoms with E-state index in [0.29, 0.717) is 5.92 Å². The van der Waals surface area contributed by atoms with Gasteiger partial charge in [0, 0.05) is 0 Å². The zero-order chi connectivity index (χ0) is 10.6. The summed E-state index contributed by atoms with van der Waals surface area (Å²) in [5.41, 5.74) is 0. The first-order valence-corrected chi connectivity index (χ1v) is 6.27. The van der Waals surface area contributed by atoms with Gasteiger partial charge in [0.1, 0.15) is 0 Å². The first kappa shape index (κ1) is 12.0. The van der Waals surface area contributed by atoms with Gasteiger partial charge < -0.3 is 5.11 Å². The molecule has 1 saturated carbocycles. The monoisotopic (exact) mass is 198 g/mol. The molecule has 1 nitrogen and oxygen atoms in total. The maximum Gasteiger partial charge on any atom is 0.0568 e. The van der Waals surface area contributed by atoms with Gasteiger partial charge in [-0.3, -0.25) is 0 Å². The molecule has 0 aromatic heterocycles. The quantitative estimate of drug-likeness (QED) is 0.731. The summed E-state index contributed by atoms with van der Waals surface area (Å²) in [6.07, 6.45) is 7.35. The van der Waals surface area contributed by atoms with Crippen LogP contribution in [0.2, 0.25) is 0 Å². The molecule has 1 heteroatoms. The molecule has 0 radical (unpaired) electrons. The Morgan fingerprint density at radius 2 is 1.93 bits per heavy atom. The molecule has 0 bridgehead atoms. The molecule has 0 aliphatic heterocycles. The van der Waals surface area contributed by atoms with E-state index in [0.717, 1.165) is 18.3 Å². The van der Waals surface area contributed by atoms with Crippen molar-refractivity contribution in [2.45, 2.75) is 65.4 Å². The molecule has 0 spiro atoms. The number of aliphatic hydroxyl groups excluding tert-OH is 1. The van der Waals surface area contributed by atoms with Crippen molar-refractivity contribution in [2.75, 3.05) is 0 Å². The Morgan fingerprint density at radius 1 is 1.21 bits per heavy atom. The molecule has 0 heterocycles. The fourth-order valence-electron chi connectivity index (χ4n) is 2.57. The normalized spacial score (nSPS) is 30.6. The van der Waals surface area contributed by atoms with Gasteiger partial charge in [0.25, 0.3) is 0 Å². The van der Waals surface area contributed by atoms with Crippen LogP contribution in [0, 0.1) is 17.8 Å². The molecular weight excluding hydrogens is 172 g/mol. The van der Waals surface area contributed by atoms with Crippen molar-refractivity contribution in [2.24, 2.45) is 17.8 Å². The van der Waals surface area contributed by atoms with Crippen LogP contribution >= 0.6 is 0 Å². The summed E-state index contributed by atoms with van der Waals surface area (Å²) in [5, 5.41) is 10.0. The molecule has 3 atom stereocenters. The van der Waals surface area contributed by atoms with E-state index in [2.05, 4.69) is 20.8 Å². The lowest BCUT2D eigenvalue weighted by Gasteiger charge is -2.30. The van der Waals surface area contributed by atoms with Crippen LogP contribution < -0.4 is 0 Å². The standard InChI is InChI=1S/C13H26O/c1-10(2)7-8-13(14)12-6-4-5-11(3)9-12/h10-14H,4-9H2,1-3H3/t11-,12?,13?/m1/s1. The van der Waals surface area contributed by atoms with Crippen molar-refractivity contribution in [3.05, 3.63) is 0 Å². The minimum absolute atomic E-state index is 0.0276. The van der Waals surface area contributed by atoms with E-state index in [9.17, 15) is 5.11 Å². The van der Waals surface area contributed by atoms with Crippen molar-refractivity contribution in [3.8, 4) is 0 Å². The molecule has 1 aliphatic carbocycles. The second kappa shape index (κ2) is 5.75. The van der Waals surface area contributed by atoms with E-state index in [1.165, 1.54) is 32.1 Å². The number of hydrogen-bond donors (Lipinski definition) is 1. The highest BCUT2D eigenvalue weighted by molar-refractivity contribution is 4.76. The van der Waals surface area contributed by atoms with Gasteiger partial charge in [-0.05, 0) is 43.4 Å². The molecule has 14 heavy (non-hydrogen) atoms. The first-order chi connectivity index (χ1) is 6.59. The van der Waals surface area contributed by atoms with Crippen LogP contribution in [0.4, 0.5) is 0 Å². The molecule has 1 fully saturated rings. The van der Waals surface area contributed by atoms with E-state index in [1.807, 2.05) is 0 Å². The fourth-order valence-corrected chi connectivity index (χ4v) is 2.57. The molecule has 0 aromatic rings. The Bertz CT molecular complexity index is 153. The van der Waals surface area contributed by atoms with E-state index in [4.69, 9.17) is 0 Å². The van der Waals surface area contributed by atoms with E-state index in [-0.39, 0.29) is 6.10 Å². The van der Waals surface area contributed by atoms with Crippen molar-refractivity contribution in [1.82, 2.24) is 0 Å². The third kappa shape index (κ3) is 4.00. The highest BCUT2D eigenvalue weighted by atomic mass is 16.3. The third-order valence-electron chi connectivity index (χ3n) is 3.56. The predicted molar refractivity (Wildman–Crippen MR) is 61.2 cm³/mol. The van der Waals surface area contributed by atoms with Crippen LogP contribution in [-0.4, -0.2) is 11.2 Å². The summed E-state index contributed by atoms with van der Waals surface area (Å²) in [4.78, 5) is 0. The summed E-state index contributed by atoms with van der Waals surface area (Å²) >= 11 is 0. The van der Waals surface area contributed by atoms with Crippen LogP contribution in [-0.2, 0) is 0 Å². The molecule has 2 unspecified atom stereocenters. The van der Waals surface area contributed by atoms with Crippen LogP contribution in [0.5, 0.6) is 0 Å². The molecule has 0 amide bonds. The molecule has 84 valence electrons. The minimum Gasteiger partial charge on any atom is -0.393 e. The lowest BCUT2D eigenvalue weighted by molar-refractivity contribution is 0.0605. The summed E-state index contributed by atoms with van der Waals surface area (Å²) in [5.74, 6) is 2.16. The Hall–Kier alpha value is -0.0400. The molecule has 1 rings (SSSR count). The highest BCUT2D eigenvalue weighted by Crippen LogP contribution is 2.32. The van der Waals surface area contributed by atoms with Gasteiger partial charge in [-0.2, -0.15) is 0 Å². The molecule has 1 aliphatic rings. The molecular formula is C13H26O. The van der Waals surface area contributed by atoms with Gasteiger partial charge in [-0.25, -0.2) is 0 Å². The van der Waals surface area contributed by atoms with Crippen LogP contribution in [0.1, 0.15) is 59.3 Å². The number of hydrogen-bond acceptors (Lipinski definition) is 1. The van der Waals surface area contributed by atoms with E-state index >= 15 is 0 Å². The van der Waals surface area contributed by atoms with Gasteiger partial charge in [0.2, 0.25) is 0 Å². The number of rotatable bonds is 4. The maximum atomic E-state index is 10.0. The maximum absolute atomic E-state index is 10.0. The molecule has 0 aromatic carbocycles. The SMILES string of the molecule is CC(C)CCC(O)C1CCC[C@@H](C)C1. The van der Waals surface area contributed by atoms with Crippen LogP contribution in [0.3, 0.4) is 0 Å². The molecule has 0 saturated heterocycles. The Labute approximate surface area is 88.9 Å². The van der Waals surface area contributed by atoms with Crippen LogP contribution in [0.15, 0.2) is 0 Å². The van der Waals surface area contributed by atoms with Gasteiger partial charge in [0.15, 0.2) is 0 Å². The summed E-state index contributed by atoms with van der Waals surface area (Å²) in [6.45, 7) is 6.79. The van der Waals surface area contributed by atoms with Crippen LogP contribution in [0.25, 0.3) is 0 Å². The largest absolute Gasteiger partial charge is 0.393 e. The van der Waals surface area contributed by atoms with Crippen molar-refractivity contribution < 1.29 is 5.11 Å². The van der Waals surface area contributed by atoms with E-state index < -0.39 is 0 Å². The summed E-state index contributed by atoms with van der Waals surface area (Å²) in [7, 11) is 0. The van der Waals surface area contributed by atoms with Crippen molar-refractivity contribution in [1.29, 1.82) is 0 Å². The Morgan fingerprint density at radius 3 is 2.50 bits per heavy atom. The molecule has 1 N–H and O–H groups in total. The van der Waals surface area contributed by atoms with Gasteiger partial charge >= 0.3 is 0 Å². The second-order valence-electron chi connectivity index (χ2n) is 5.57. The summed E-state index contributed by atoms with van der Waals surface area (Å²) in [6, 6.07) is 0. The first-order valence-electron chi connectivity index (χ1n) is 6.27. The van der Waals surface area contributed by atoms with Gasteiger partial charge in [-0.15, -0.1) is 0 Å². The third-order valence-corrected chi connectivity index (χ3v) is 3.56. The zero-order valence-electron chi connectivity index (χ0n) is 10.00. The fraction of sp³-hybridized carbons (Fsp3) is 1.00. The minimum atomic E-state index is -0.0276. The van der Waals surface area contributed by atoms with Gasteiger partial charge in [0.05, 0.1) is 6.10 Å². The average molecular weight is 198 g/mol. The second-order valence-corrected chi connectivity index (χ2v) is 5.57. The van der Waals surface area contributed by atoms with Crippen molar-refractivity contribution in [3.63, 3.8) is 0 Å². The van der Waals surface area contributed by atoms with E-state index in [1.54, 1.807) is 0 Å². The Kier molecular flexibility index (Phi) is 4.94. The average Bonchev–Trinajstić information content (AvgIpc) is 2.14. The Balaban J connectivity index is 2.25. The topological polar surface area (TPSA) is 20.2 Å². The van der Waals surface area contributed by atoms with Gasteiger partial charge in [-0.1, -0.05) is 33.6 Å². The number of aliphatic hydroxyl groups is 1. The zero-order valence-corrected chi connectivity index (χ0v) is 10.00. The lowest BCUT2D eigenvalue weighted by atomic mass is 9.78. The van der Waals surface area contributed by atoms with Crippen molar-refractivity contribution >= 4 is 0 Å². The highest BCUT2D eigenvalue weighted by Gasteiger charge is 2.24. The summed E-state index contributed by atoms with van der Waals surface area (Å²) < 4.78 is 0. The predicted octanol–water partition coefficient (Wildman–Crippen LogP) is 3.61. The smallest absolute Gasteiger partial charge is 0.0568 e.